The van der Waals surface area contributed by atoms with E-state index in [1.54, 1.807) is 33.8 Å². The van der Waals surface area contributed by atoms with Crippen LogP contribution in [0.5, 0.6) is 5.75 Å². The molecule has 0 fully saturated rings. The van der Waals surface area contributed by atoms with Crippen molar-refractivity contribution in [2.45, 2.75) is 51.5 Å². The number of carbonyl (C=O) groups excluding carboxylic acids is 1. The lowest BCUT2D eigenvalue weighted by Gasteiger charge is -2.29. The number of hydrogen-bond acceptors (Lipinski definition) is 5. The monoisotopic (exact) mass is 441 g/mol. The predicted octanol–water partition coefficient (Wildman–Crippen LogP) is 4.10. The van der Waals surface area contributed by atoms with Crippen LogP contribution in [0.25, 0.3) is 0 Å². The molecule has 1 aromatic carbocycles. The van der Waals surface area contributed by atoms with Crippen LogP contribution >= 0.6 is 15.9 Å². The number of hydrogen-bond donors (Lipinski definition) is 1. The number of ether oxygens (including phenoxy) is 2. The highest BCUT2D eigenvalue weighted by Crippen LogP contribution is 2.36. The van der Waals surface area contributed by atoms with Crippen LogP contribution in [0.1, 0.15) is 45.7 Å². The van der Waals surface area contributed by atoms with Crippen molar-refractivity contribution in [2.24, 2.45) is 0 Å². The largest absolute Gasteiger partial charge is 0.598 e. The number of benzene rings is 1. The summed E-state index contributed by atoms with van der Waals surface area (Å²) in [6, 6.07) is 3.70. The Kier molecular flexibility index (Phi) is 8.59. The molecule has 1 N–H and O–H groups in total. The van der Waals surface area contributed by atoms with Gasteiger partial charge in [0.25, 0.3) is 0 Å². The van der Waals surface area contributed by atoms with Gasteiger partial charge in [-0.15, -0.1) is 4.72 Å². The number of esters is 1. The first kappa shape index (κ1) is 22.1. The van der Waals surface area contributed by atoms with Crippen molar-refractivity contribution < 1.29 is 27.6 Å². The Morgan fingerprint density at radius 3 is 2.56 bits per heavy atom. The van der Waals surface area contributed by atoms with Gasteiger partial charge in [-0.2, -0.15) is 8.78 Å². The van der Waals surface area contributed by atoms with Crippen molar-refractivity contribution in [1.29, 1.82) is 0 Å². The summed E-state index contributed by atoms with van der Waals surface area (Å²) in [5.74, 6) is -0.637. The molecule has 0 bridgehead atoms. The molecule has 0 unspecified atom stereocenters. The van der Waals surface area contributed by atoms with E-state index in [0.29, 0.717) is 4.47 Å². The van der Waals surface area contributed by atoms with Crippen LogP contribution in [0.4, 0.5) is 8.78 Å². The molecule has 1 aromatic rings. The zero-order valence-electron chi connectivity index (χ0n) is 14.5. The van der Waals surface area contributed by atoms with Gasteiger partial charge in [-0.05, 0) is 39.8 Å². The Morgan fingerprint density at radius 1 is 1.40 bits per heavy atom. The zero-order valence-corrected chi connectivity index (χ0v) is 16.9. The quantitative estimate of drug-likeness (QED) is 0.485. The first-order chi connectivity index (χ1) is 11.6. The number of halogens is 3. The molecule has 0 aromatic heterocycles. The molecular weight excluding hydrogens is 420 g/mol. The van der Waals surface area contributed by atoms with E-state index in [2.05, 4.69) is 25.4 Å². The van der Waals surface area contributed by atoms with Crippen molar-refractivity contribution in [2.75, 3.05) is 6.61 Å². The van der Waals surface area contributed by atoms with E-state index in [0.717, 1.165) is 0 Å². The second-order valence-corrected chi connectivity index (χ2v) is 8.94. The maximum atomic E-state index is 12.7. The third kappa shape index (κ3) is 7.08. The van der Waals surface area contributed by atoms with E-state index < -0.39 is 34.7 Å². The molecule has 0 aliphatic carbocycles. The lowest BCUT2D eigenvalue weighted by molar-refractivity contribution is -0.143. The van der Waals surface area contributed by atoms with Crippen molar-refractivity contribution in [3.05, 3.63) is 28.2 Å². The fraction of sp³-hybridized carbons (Fsp3) is 0.562. The Labute approximate surface area is 157 Å². The van der Waals surface area contributed by atoms with Crippen molar-refractivity contribution >= 4 is 33.3 Å². The van der Waals surface area contributed by atoms with E-state index in [1.807, 2.05) is 0 Å². The third-order valence-corrected chi connectivity index (χ3v) is 5.36. The van der Waals surface area contributed by atoms with Gasteiger partial charge < -0.3 is 14.0 Å². The normalized spacial score (nSPS) is 14.3. The Morgan fingerprint density at radius 2 is 2.04 bits per heavy atom. The van der Waals surface area contributed by atoms with Crippen LogP contribution < -0.4 is 9.46 Å². The summed E-state index contributed by atoms with van der Waals surface area (Å²) in [6.07, 6.45) is -0.183. The number of alkyl halides is 2. The highest BCUT2D eigenvalue weighted by Gasteiger charge is 2.33. The van der Waals surface area contributed by atoms with Gasteiger partial charge in [0.05, 0.1) is 19.1 Å². The molecule has 5 nitrogen and oxygen atoms in total. The maximum Gasteiger partial charge on any atom is 0.387 e. The van der Waals surface area contributed by atoms with Gasteiger partial charge in [-0.3, -0.25) is 4.79 Å². The van der Waals surface area contributed by atoms with Gasteiger partial charge in [-0.1, -0.05) is 22.0 Å². The molecule has 142 valence electrons. The summed E-state index contributed by atoms with van der Waals surface area (Å²) in [4.78, 5) is 11.9. The van der Waals surface area contributed by atoms with Crippen LogP contribution in [-0.4, -0.2) is 28.5 Å². The van der Waals surface area contributed by atoms with Crippen molar-refractivity contribution in [3.8, 4) is 5.75 Å². The van der Waals surface area contributed by atoms with Crippen LogP contribution in [-0.2, 0) is 20.9 Å². The standard InChI is InChI=1S/C16H22BrF2NO4S/c1-5-23-13(21)9-11(20-25(22)16(2,3)4)14-10(17)7-6-8-12(14)24-15(18)19/h6-8,11,15,20H,5,9H2,1-4H3/t11-,25-/m0/s1. The highest BCUT2D eigenvalue weighted by atomic mass is 79.9. The lowest BCUT2D eigenvalue weighted by atomic mass is 10.0. The first-order valence-corrected chi connectivity index (χ1v) is 9.57. The Hall–Kier alpha value is -0.900. The second-order valence-electron chi connectivity index (χ2n) is 6.09. The highest BCUT2D eigenvalue weighted by molar-refractivity contribution is 9.10. The summed E-state index contributed by atoms with van der Waals surface area (Å²) >= 11 is 1.75. The summed E-state index contributed by atoms with van der Waals surface area (Å²) < 4.78 is 50.1. The maximum absolute atomic E-state index is 12.7. The van der Waals surface area contributed by atoms with Crippen molar-refractivity contribution in [3.63, 3.8) is 0 Å². The number of nitrogens with one attached hydrogen (secondary N) is 1. The van der Waals surface area contributed by atoms with Crippen molar-refractivity contribution in [1.82, 2.24) is 4.72 Å². The molecule has 0 radical (unpaired) electrons. The van der Waals surface area contributed by atoms with E-state index in [1.165, 1.54) is 12.1 Å². The molecule has 0 aliphatic rings. The van der Waals surface area contributed by atoms with Crippen LogP contribution in [0.3, 0.4) is 0 Å². The third-order valence-electron chi connectivity index (χ3n) is 3.06. The molecule has 0 saturated carbocycles. The van der Waals surface area contributed by atoms with Crippen LogP contribution in [0, 0.1) is 0 Å². The average molecular weight is 442 g/mol. The lowest BCUT2D eigenvalue weighted by Crippen LogP contribution is -2.42. The molecule has 1 rings (SSSR count). The Balaban J connectivity index is 3.24. The Bertz CT molecular complexity index is 584. The minimum absolute atomic E-state index is 0.0999. The van der Waals surface area contributed by atoms with Gasteiger partial charge in [0.2, 0.25) is 0 Å². The summed E-state index contributed by atoms with van der Waals surface area (Å²) in [6.45, 7) is 4.10. The summed E-state index contributed by atoms with van der Waals surface area (Å²) in [5, 5.41) is 0. The fourth-order valence-corrected chi connectivity index (χ4v) is 3.39. The topological polar surface area (TPSA) is 70.6 Å². The molecule has 0 amide bonds. The van der Waals surface area contributed by atoms with E-state index >= 15 is 0 Å². The molecular formula is C16H22BrF2NO4S. The summed E-state index contributed by atoms with van der Waals surface area (Å²) in [7, 11) is 0. The average Bonchev–Trinajstić information content (AvgIpc) is 2.45. The molecule has 9 heteroatoms. The van der Waals surface area contributed by atoms with Crippen LogP contribution in [0.2, 0.25) is 0 Å². The van der Waals surface area contributed by atoms with Gasteiger partial charge in [-0.25, -0.2) is 0 Å². The molecule has 0 aliphatic heterocycles. The smallest absolute Gasteiger partial charge is 0.387 e. The molecule has 2 atom stereocenters. The first-order valence-electron chi connectivity index (χ1n) is 7.63. The van der Waals surface area contributed by atoms with Crippen LogP contribution in [0.15, 0.2) is 22.7 Å². The summed E-state index contributed by atoms with van der Waals surface area (Å²) in [5.41, 5.74) is 0.286. The second kappa shape index (κ2) is 9.70. The van der Waals surface area contributed by atoms with Gasteiger partial charge >= 0.3 is 12.6 Å². The zero-order chi connectivity index (χ0) is 19.2. The van der Waals surface area contributed by atoms with Gasteiger partial charge in [0, 0.05) is 21.4 Å². The molecule has 0 saturated heterocycles. The number of carbonyl (C=O) groups is 1. The fourth-order valence-electron chi connectivity index (χ4n) is 1.95. The SMILES string of the molecule is CCOC(=O)C[C@H](N[S@@+]([O-])C(C)(C)C)c1c(Br)cccc1OC(F)F. The van der Waals surface area contributed by atoms with E-state index in [-0.39, 0.29) is 24.3 Å². The van der Waals surface area contributed by atoms with E-state index in [9.17, 15) is 18.1 Å². The molecule has 0 heterocycles. The van der Waals surface area contributed by atoms with Gasteiger partial charge in [0.15, 0.2) is 0 Å². The van der Waals surface area contributed by atoms with E-state index in [4.69, 9.17) is 4.74 Å². The minimum Gasteiger partial charge on any atom is -0.598 e. The predicted molar refractivity (Wildman–Crippen MR) is 95.8 cm³/mol. The minimum atomic E-state index is -3.02. The number of rotatable bonds is 8. The molecule has 0 spiro atoms. The molecule has 25 heavy (non-hydrogen) atoms. The van der Waals surface area contributed by atoms with Gasteiger partial charge in [0.1, 0.15) is 10.5 Å².